The standard InChI is InChI=1S/C14H21NO5/c1-18-11-4-5-13(19-2)12(10-11)14(17)15-6-3-8-20-9-7-16/h4-5,10,16H,3,6-9H2,1-2H3,(H,15,17). The van der Waals surface area contributed by atoms with Crippen molar-refractivity contribution >= 4 is 5.91 Å². The molecular formula is C14H21NO5. The molecule has 0 bridgehead atoms. The molecule has 0 spiro atoms. The molecule has 0 aromatic heterocycles. The van der Waals surface area contributed by atoms with Gasteiger partial charge in [-0.15, -0.1) is 0 Å². The fraction of sp³-hybridized carbons (Fsp3) is 0.500. The van der Waals surface area contributed by atoms with Crippen molar-refractivity contribution in [1.29, 1.82) is 0 Å². The molecule has 0 aliphatic carbocycles. The van der Waals surface area contributed by atoms with Gasteiger partial charge in [0.05, 0.1) is 33.0 Å². The zero-order chi connectivity index (χ0) is 14.8. The summed E-state index contributed by atoms with van der Waals surface area (Å²) in [5.41, 5.74) is 0.433. The minimum atomic E-state index is -0.220. The summed E-state index contributed by atoms with van der Waals surface area (Å²) in [5, 5.41) is 11.3. The van der Waals surface area contributed by atoms with Crippen LogP contribution >= 0.6 is 0 Å². The molecule has 0 radical (unpaired) electrons. The van der Waals surface area contributed by atoms with Crippen LogP contribution in [0.5, 0.6) is 11.5 Å². The lowest BCUT2D eigenvalue weighted by atomic mass is 10.1. The van der Waals surface area contributed by atoms with Crippen molar-refractivity contribution < 1.29 is 24.1 Å². The van der Waals surface area contributed by atoms with Crippen LogP contribution in [-0.2, 0) is 4.74 Å². The predicted molar refractivity (Wildman–Crippen MR) is 74.4 cm³/mol. The Morgan fingerprint density at radius 2 is 2.05 bits per heavy atom. The fourth-order valence-corrected chi connectivity index (χ4v) is 1.63. The number of methoxy groups -OCH3 is 2. The largest absolute Gasteiger partial charge is 0.497 e. The lowest BCUT2D eigenvalue weighted by molar-refractivity contribution is 0.0866. The number of aliphatic hydroxyl groups excluding tert-OH is 1. The van der Waals surface area contributed by atoms with Crippen molar-refractivity contribution in [3.8, 4) is 11.5 Å². The number of hydrogen-bond donors (Lipinski definition) is 2. The summed E-state index contributed by atoms with van der Waals surface area (Å²) in [6, 6.07) is 5.06. The average molecular weight is 283 g/mol. The number of carbonyl (C=O) groups excluding carboxylic acids is 1. The molecule has 6 heteroatoms. The number of aliphatic hydroxyl groups is 1. The van der Waals surface area contributed by atoms with Crippen molar-refractivity contribution in [2.24, 2.45) is 0 Å². The molecular weight excluding hydrogens is 262 g/mol. The van der Waals surface area contributed by atoms with Gasteiger partial charge in [-0.05, 0) is 24.6 Å². The molecule has 0 aliphatic heterocycles. The summed E-state index contributed by atoms with van der Waals surface area (Å²) in [7, 11) is 3.06. The zero-order valence-corrected chi connectivity index (χ0v) is 11.8. The highest BCUT2D eigenvalue weighted by Crippen LogP contribution is 2.23. The Morgan fingerprint density at radius 3 is 2.70 bits per heavy atom. The monoisotopic (exact) mass is 283 g/mol. The highest BCUT2D eigenvalue weighted by atomic mass is 16.5. The summed E-state index contributed by atoms with van der Waals surface area (Å²) in [6.45, 7) is 1.31. The van der Waals surface area contributed by atoms with Gasteiger partial charge in [-0.3, -0.25) is 4.79 Å². The molecule has 1 amide bonds. The summed E-state index contributed by atoms with van der Waals surface area (Å²) in [5.74, 6) is 0.880. The Hall–Kier alpha value is -1.79. The molecule has 0 fully saturated rings. The van der Waals surface area contributed by atoms with E-state index in [4.69, 9.17) is 19.3 Å². The SMILES string of the molecule is COc1ccc(OC)c(C(=O)NCCCOCCO)c1. The Bertz CT molecular complexity index is 422. The molecule has 0 saturated heterocycles. The van der Waals surface area contributed by atoms with E-state index in [9.17, 15) is 4.79 Å². The highest BCUT2D eigenvalue weighted by molar-refractivity contribution is 5.97. The van der Waals surface area contributed by atoms with Gasteiger partial charge in [-0.1, -0.05) is 0 Å². The van der Waals surface area contributed by atoms with Crippen LogP contribution in [0.25, 0.3) is 0 Å². The first-order valence-corrected chi connectivity index (χ1v) is 6.41. The van der Waals surface area contributed by atoms with E-state index in [1.54, 1.807) is 25.3 Å². The second-order valence-electron chi connectivity index (χ2n) is 4.01. The van der Waals surface area contributed by atoms with Crippen molar-refractivity contribution in [1.82, 2.24) is 5.32 Å². The summed E-state index contributed by atoms with van der Waals surface area (Å²) in [6.07, 6.45) is 0.679. The molecule has 0 unspecified atom stereocenters. The van der Waals surface area contributed by atoms with Gasteiger partial charge in [0.1, 0.15) is 11.5 Å². The minimum Gasteiger partial charge on any atom is -0.497 e. The summed E-state index contributed by atoms with van der Waals surface area (Å²) in [4.78, 5) is 12.1. The van der Waals surface area contributed by atoms with E-state index in [2.05, 4.69) is 5.32 Å². The van der Waals surface area contributed by atoms with Crippen LogP contribution in [0, 0.1) is 0 Å². The van der Waals surface area contributed by atoms with Gasteiger partial charge in [0, 0.05) is 13.2 Å². The molecule has 0 aliphatic rings. The first kappa shape index (κ1) is 16.3. The third kappa shape index (κ3) is 5.07. The van der Waals surface area contributed by atoms with Crippen molar-refractivity contribution in [2.75, 3.05) is 40.6 Å². The third-order valence-electron chi connectivity index (χ3n) is 2.64. The molecule has 0 atom stereocenters. The van der Waals surface area contributed by atoms with Gasteiger partial charge in [-0.25, -0.2) is 0 Å². The lowest BCUT2D eigenvalue weighted by Crippen LogP contribution is -2.25. The molecule has 2 N–H and O–H groups in total. The van der Waals surface area contributed by atoms with Crippen LogP contribution in [0.15, 0.2) is 18.2 Å². The van der Waals surface area contributed by atoms with Crippen LogP contribution in [0.1, 0.15) is 16.8 Å². The van der Waals surface area contributed by atoms with E-state index in [1.165, 1.54) is 7.11 Å². The van der Waals surface area contributed by atoms with E-state index in [0.717, 1.165) is 0 Å². The van der Waals surface area contributed by atoms with E-state index >= 15 is 0 Å². The van der Waals surface area contributed by atoms with E-state index < -0.39 is 0 Å². The molecule has 1 aromatic rings. The molecule has 1 rings (SSSR count). The Morgan fingerprint density at radius 1 is 1.25 bits per heavy atom. The quantitative estimate of drug-likeness (QED) is 0.657. The van der Waals surface area contributed by atoms with Gasteiger partial charge < -0.3 is 24.6 Å². The Balaban J connectivity index is 2.49. The predicted octanol–water partition coefficient (Wildman–Crippen LogP) is 0.833. The van der Waals surface area contributed by atoms with Gasteiger partial charge in [0.25, 0.3) is 5.91 Å². The van der Waals surface area contributed by atoms with Crippen LogP contribution in [0.3, 0.4) is 0 Å². The number of nitrogens with one attached hydrogen (secondary N) is 1. The van der Waals surface area contributed by atoms with E-state index in [0.29, 0.717) is 43.2 Å². The normalized spacial score (nSPS) is 10.2. The zero-order valence-electron chi connectivity index (χ0n) is 11.8. The second kappa shape index (κ2) is 9.17. The highest BCUT2D eigenvalue weighted by Gasteiger charge is 2.12. The maximum Gasteiger partial charge on any atom is 0.255 e. The smallest absolute Gasteiger partial charge is 0.255 e. The third-order valence-corrected chi connectivity index (χ3v) is 2.64. The molecule has 0 saturated carbocycles. The lowest BCUT2D eigenvalue weighted by Gasteiger charge is -2.11. The molecule has 112 valence electrons. The second-order valence-corrected chi connectivity index (χ2v) is 4.01. The van der Waals surface area contributed by atoms with Crippen LogP contribution in [-0.4, -0.2) is 51.6 Å². The number of amides is 1. The van der Waals surface area contributed by atoms with Crippen LogP contribution < -0.4 is 14.8 Å². The van der Waals surface area contributed by atoms with Crippen molar-refractivity contribution in [2.45, 2.75) is 6.42 Å². The maximum absolute atomic E-state index is 12.1. The van der Waals surface area contributed by atoms with Gasteiger partial charge in [0.2, 0.25) is 0 Å². The minimum absolute atomic E-state index is 0.00731. The Labute approximate surface area is 118 Å². The summed E-state index contributed by atoms with van der Waals surface area (Å²) >= 11 is 0. The number of hydrogen-bond acceptors (Lipinski definition) is 5. The van der Waals surface area contributed by atoms with E-state index in [1.807, 2.05) is 0 Å². The maximum atomic E-state index is 12.1. The molecule has 6 nitrogen and oxygen atoms in total. The van der Waals surface area contributed by atoms with E-state index in [-0.39, 0.29) is 12.5 Å². The van der Waals surface area contributed by atoms with Crippen LogP contribution in [0.4, 0.5) is 0 Å². The van der Waals surface area contributed by atoms with Crippen molar-refractivity contribution in [3.63, 3.8) is 0 Å². The Kier molecular flexibility index (Phi) is 7.46. The molecule has 20 heavy (non-hydrogen) atoms. The molecule has 1 aromatic carbocycles. The average Bonchev–Trinajstić information content (AvgIpc) is 2.49. The topological polar surface area (TPSA) is 77.0 Å². The van der Waals surface area contributed by atoms with Gasteiger partial charge in [0.15, 0.2) is 0 Å². The summed E-state index contributed by atoms with van der Waals surface area (Å²) < 4.78 is 15.4. The fourth-order valence-electron chi connectivity index (χ4n) is 1.63. The van der Waals surface area contributed by atoms with Gasteiger partial charge >= 0.3 is 0 Å². The number of ether oxygens (including phenoxy) is 3. The number of benzene rings is 1. The molecule has 0 heterocycles. The first-order chi connectivity index (χ1) is 9.72. The van der Waals surface area contributed by atoms with Gasteiger partial charge in [-0.2, -0.15) is 0 Å². The number of rotatable bonds is 9. The first-order valence-electron chi connectivity index (χ1n) is 6.41. The van der Waals surface area contributed by atoms with Crippen molar-refractivity contribution in [3.05, 3.63) is 23.8 Å². The number of carbonyl (C=O) groups is 1. The van der Waals surface area contributed by atoms with Crippen LogP contribution in [0.2, 0.25) is 0 Å².